The van der Waals surface area contributed by atoms with E-state index in [-0.39, 0.29) is 5.84 Å². The lowest BCUT2D eigenvalue weighted by atomic mass is 10.0. The highest BCUT2D eigenvalue weighted by atomic mass is 16.5. The Bertz CT molecular complexity index is 433. The van der Waals surface area contributed by atoms with Crippen LogP contribution in [-0.2, 0) is 11.3 Å². The van der Waals surface area contributed by atoms with Crippen molar-refractivity contribution in [1.29, 1.82) is 0 Å². The van der Waals surface area contributed by atoms with E-state index in [4.69, 9.17) is 15.7 Å². The smallest absolute Gasteiger partial charge is 0.170 e. The maximum absolute atomic E-state index is 8.65. The molecule has 0 saturated heterocycles. The summed E-state index contributed by atoms with van der Waals surface area (Å²) in [5, 5.41) is 15.1. The molecule has 0 radical (unpaired) electrons. The van der Waals surface area contributed by atoms with Gasteiger partial charge in [0.2, 0.25) is 0 Å². The Labute approximate surface area is 120 Å². The van der Waals surface area contributed by atoms with Gasteiger partial charge in [-0.15, -0.1) is 0 Å². The second-order valence-corrected chi connectivity index (χ2v) is 4.86. The zero-order chi connectivity index (χ0) is 14.8. The molecule has 0 heterocycles. The number of nitrogens with zero attached hydrogens (tertiary/aromatic N) is 1. The fourth-order valence-electron chi connectivity index (χ4n) is 2.01. The molecule has 0 unspecified atom stereocenters. The summed E-state index contributed by atoms with van der Waals surface area (Å²) >= 11 is 0. The molecule has 112 valence electrons. The Balaban J connectivity index is 2.34. The lowest BCUT2D eigenvalue weighted by Crippen LogP contribution is -2.17. The molecule has 0 aliphatic heterocycles. The molecule has 0 fully saturated rings. The monoisotopic (exact) mass is 279 g/mol. The Morgan fingerprint density at radius 2 is 2.15 bits per heavy atom. The summed E-state index contributed by atoms with van der Waals surface area (Å²) in [5.74, 6) is 0.144. The van der Waals surface area contributed by atoms with E-state index in [0.717, 1.165) is 43.7 Å². The third-order valence-corrected chi connectivity index (χ3v) is 3.26. The number of ether oxygens (including phenoxy) is 1. The number of oxime groups is 1. The summed E-state index contributed by atoms with van der Waals surface area (Å²) in [5.41, 5.74) is 8.68. The van der Waals surface area contributed by atoms with E-state index in [0.29, 0.717) is 0 Å². The van der Waals surface area contributed by atoms with Crippen molar-refractivity contribution in [2.75, 3.05) is 20.3 Å². The summed E-state index contributed by atoms with van der Waals surface area (Å²) in [7, 11) is 1.74. The van der Waals surface area contributed by atoms with Gasteiger partial charge < -0.3 is 21.0 Å². The van der Waals surface area contributed by atoms with E-state index >= 15 is 0 Å². The van der Waals surface area contributed by atoms with Crippen LogP contribution in [0.3, 0.4) is 0 Å². The minimum Gasteiger partial charge on any atom is -0.409 e. The first-order valence-electron chi connectivity index (χ1n) is 6.96. The molecule has 0 spiro atoms. The van der Waals surface area contributed by atoms with Crippen LogP contribution >= 0.6 is 0 Å². The van der Waals surface area contributed by atoms with Crippen LogP contribution in [0.1, 0.15) is 36.0 Å². The van der Waals surface area contributed by atoms with Gasteiger partial charge >= 0.3 is 0 Å². The molecule has 5 heteroatoms. The predicted octanol–water partition coefficient (Wildman–Crippen LogP) is 2.00. The van der Waals surface area contributed by atoms with Gasteiger partial charge in [0.1, 0.15) is 0 Å². The molecule has 1 aromatic carbocycles. The largest absolute Gasteiger partial charge is 0.409 e. The molecular formula is C15H25N3O2. The van der Waals surface area contributed by atoms with Crippen molar-refractivity contribution in [2.45, 2.75) is 32.7 Å². The molecule has 0 atom stereocenters. The van der Waals surface area contributed by atoms with E-state index < -0.39 is 0 Å². The molecule has 1 rings (SSSR count). The van der Waals surface area contributed by atoms with Gasteiger partial charge in [0.25, 0.3) is 0 Å². The van der Waals surface area contributed by atoms with Crippen LogP contribution in [0.4, 0.5) is 0 Å². The summed E-state index contributed by atoms with van der Waals surface area (Å²) in [6.45, 7) is 4.72. The van der Waals surface area contributed by atoms with Crippen LogP contribution in [0, 0.1) is 6.92 Å². The first-order chi connectivity index (χ1) is 9.69. The number of hydrogen-bond acceptors (Lipinski definition) is 4. The molecule has 1 aromatic rings. The summed E-state index contributed by atoms with van der Waals surface area (Å²) in [6.07, 6.45) is 3.46. The molecule has 20 heavy (non-hydrogen) atoms. The van der Waals surface area contributed by atoms with E-state index in [9.17, 15) is 0 Å². The van der Waals surface area contributed by atoms with E-state index in [2.05, 4.69) is 10.5 Å². The van der Waals surface area contributed by atoms with Gasteiger partial charge in [0.15, 0.2) is 5.84 Å². The molecule has 0 amide bonds. The van der Waals surface area contributed by atoms with Crippen LogP contribution in [0.2, 0.25) is 0 Å². The summed E-state index contributed by atoms with van der Waals surface area (Å²) < 4.78 is 5.02. The molecule has 0 bridgehead atoms. The van der Waals surface area contributed by atoms with Gasteiger partial charge in [-0.05, 0) is 49.9 Å². The Kier molecular flexibility index (Phi) is 7.69. The van der Waals surface area contributed by atoms with Crippen LogP contribution in [0.15, 0.2) is 23.4 Å². The second-order valence-electron chi connectivity index (χ2n) is 4.86. The normalized spacial score (nSPS) is 11.8. The maximum atomic E-state index is 8.65. The standard InChI is InChI=1S/C15H25N3O2/c1-12-10-13(15(16)18-19)6-7-14(12)11-17-8-4-3-5-9-20-2/h6-7,10,17,19H,3-5,8-9,11H2,1-2H3,(H2,16,18). The SMILES string of the molecule is COCCCCCNCc1ccc(/C(N)=N/O)cc1C. The Morgan fingerprint density at radius 1 is 1.35 bits per heavy atom. The first-order valence-corrected chi connectivity index (χ1v) is 6.96. The number of unbranched alkanes of at least 4 members (excludes halogenated alkanes) is 2. The van der Waals surface area contributed by atoms with E-state index in [1.165, 1.54) is 12.0 Å². The summed E-state index contributed by atoms with van der Waals surface area (Å²) in [4.78, 5) is 0. The fraction of sp³-hybridized carbons (Fsp3) is 0.533. The van der Waals surface area contributed by atoms with Gasteiger partial charge in [0, 0.05) is 25.8 Å². The van der Waals surface area contributed by atoms with Crippen molar-refractivity contribution < 1.29 is 9.94 Å². The second kappa shape index (κ2) is 9.34. The van der Waals surface area contributed by atoms with Crippen LogP contribution < -0.4 is 11.1 Å². The highest BCUT2D eigenvalue weighted by Gasteiger charge is 2.03. The van der Waals surface area contributed by atoms with Crippen LogP contribution in [0.5, 0.6) is 0 Å². The molecule has 0 aliphatic carbocycles. The van der Waals surface area contributed by atoms with Crippen molar-refractivity contribution in [3.63, 3.8) is 0 Å². The van der Waals surface area contributed by atoms with Gasteiger partial charge in [-0.25, -0.2) is 0 Å². The Hall–Kier alpha value is -1.59. The average Bonchev–Trinajstić information content (AvgIpc) is 2.46. The quantitative estimate of drug-likeness (QED) is 0.212. The van der Waals surface area contributed by atoms with Gasteiger partial charge in [-0.2, -0.15) is 0 Å². The van der Waals surface area contributed by atoms with Crippen molar-refractivity contribution in [1.82, 2.24) is 5.32 Å². The fourth-order valence-corrected chi connectivity index (χ4v) is 2.01. The molecule has 0 aliphatic rings. The minimum absolute atomic E-state index is 0.144. The maximum Gasteiger partial charge on any atom is 0.170 e. The van der Waals surface area contributed by atoms with Crippen LogP contribution in [-0.4, -0.2) is 31.3 Å². The zero-order valence-electron chi connectivity index (χ0n) is 12.4. The van der Waals surface area contributed by atoms with Gasteiger partial charge in [0.05, 0.1) is 0 Å². The molecule has 0 aromatic heterocycles. The van der Waals surface area contributed by atoms with Crippen molar-refractivity contribution in [2.24, 2.45) is 10.9 Å². The Morgan fingerprint density at radius 3 is 2.80 bits per heavy atom. The number of amidine groups is 1. The predicted molar refractivity (Wildman–Crippen MR) is 81.1 cm³/mol. The van der Waals surface area contributed by atoms with E-state index in [1.807, 2.05) is 25.1 Å². The molecular weight excluding hydrogens is 254 g/mol. The summed E-state index contributed by atoms with van der Waals surface area (Å²) in [6, 6.07) is 5.82. The molecule has 4 N–H and O–H groups in total. The third kappa shape index (κ3) is 5.59. The highest BCUT2D eigenvalue weighted by molar-refractivity contribution is 5.97. The third-order valence-electron chi connectivity index (χ3n) is 3.26. The number of benzene rings is 1. The topological polar surface area (TPSA) is 79.9 Å². The first kappa shape index (κ1) is 16.5. The number of methoxy groups -OCH3 is 1. The van der Waals surface area contributed by atoms with Gasteiger partial charge in [-0.3, -0.25) is 0 Å². The highest BCUT2D eigenvalue weighted by Crippen LogP contribution is 2.11. The number of aryl methyl sites for hydroxylation is 1. The van der Waals surface area contributed by atoms with E-state index in [1.54, 1.807) is 7.11 Å². The minimum atomic E-state index is 0.144. The van der Waals surface area contributed by atoms with Crippen molar-refractivity contribution >= 4 is 5.84 Å². The number of hydrogen-bond donors (Lipinski definition) is 3. The van der Waals surface area contributed by atoms with Crippen LogP contribution in [0.25, 0.3) is 0 Å². The van der Waals surface area contributed by atoms with Crippen molar-refractivity contribution in [3.05, 3.63) is 34.9 Å². The molecule has 5 nitrogen and oxygen atoms in total. The van der Waals surface area contributed by atoms with Gasteiger partial charge in [-0.1, -0.05) is 17.3 Å². The number of nitrogens with one attached hydrogen (secondary N) is 1. The average molecular weight is 279 g/mol. The van der Waals surface area contributed by atoms with Crippen molar-refractivity contribution in [3.8, 4) is 0 Å². The number of rotatable bonds is 9. The zero-order valence-corrected chi connectivity index (χ0v) is 12.4. The lowest BCUT2D eigenvalue weighted by Gasteiger charge is -2.09. The molecule has 0 saturated carbocycles. The number of nitrogens with two attached hydrogens (primary N) is 1. The lowest BCUT2D eigenvalue weighted by molar-refractivity contribution is 0.192.